The highest BCUT2D eigenvalue weighted by Gasteiger charge is 1.99. The molecule has 0 bridgehead atoms. The van der Waals surface area contributed by atoms with Crippen LogP contribution >= 0.6 is 11.6 Å². The molecule has 0 saturated carbocycles. The van der Waals surface area contributed by atoms with E-state index in [-0.39, 0.29) is 0 Å². The van der Waals surface area contributed by atoms with Crippen molar-refractivity contribution in [2.75, 3.05) is 6.61 Å². The van der Waals surface area contributed by atoms with Crippen LogP contribution in [-0.2, 0) is 0 Å². The van der Waals surface area contributed by atoms with Gasteiger partial charge in [0.05, 0.1) is 11.6 Å². The van der Waals surface area contributed by atoms with Crippen LogP contribution < -0.4 is 4.74 Å². The molecule has 0 aliphatic heterocycles. The van der Waals surface area contributed by atoms with Gasteiger partial charge < -0.3 is 4.74 Å². The summed E-state index contributed by atoms with van der Waals surface area (Å²) in [5, 5.41) is 0.689. The van der Waals surface area contributed by atoms with E-state index in [1.165, 1.54) is 5.56 Å². The molecule has 0 spiro atoms. The first-order chi connectivity index (χ1) is 7.74. The Morgan fingerprint density at radius 1 is 1.12 bits per heavy atom. The van der Waals surface area contributed by atoms with Gasteiger partial charge in [-0.1, -0.05) is 52.3 Å². The normalized spacial score (nSPS) is 8.19. The molecule has 0 amide bonds. The van der Waals surface area contributed by atoms with Crippen LogP contribution in [0.25, 0.3) is 0 Å². The first-order valence-corrected chi connectivity index (χ1v) is 6.50. The second-order valence-corrected chi connectivity index (χ2v) is 3.19. The van der Waals surface area contributed by atoms with Crippen LogP contribution in [0.4, 0.5) is 0 Å². The van der Waals surface area contributed by atoms with Crippen molar-refractivity contribution in [3.05, 3.63) is 28.8 Å². The minimum atomic E-state index is 0.689. The summed E-state index contributed by atoms with van der Waals surface area (Å²) in [4.78, 5) is 0. The van der Waals surface area contributed by atoms with Crippen molar-refractivity contribution in [2.45, 2.75) is 48.0 Å². The molecular formula is C14H25ClO. The molecule has 0 saturated heterocycles. The molecule has 0 fully saturated rings. The highest BCUT2D eigenvalue weighted by molar-refractivity contribution is 6.32. The van der Waals surface area contributed by atoms with Gasteiger partial charge in [-0.2, -0.15) is 0 Å². The van der Waals surface area contributed by atoms with E-state index in [4.69, 9.17) is 16.3 Å². The van der Waals surface area contributed by atoms with Gasteiger partial charge in [-0.05, 0) is 31.0 Å². The van der Waals surface area contributed by atoms with Crippen LogP contribution in [0.1, 0.15) is 46.6 Å². The second-order valence-electron chi connectivity index (χ2n) is 2.78. The Hall–Kier alpha value is -0.690. The Bertz CT molecular complexity index is 259. The van der Waals surface area contributed by atoms with Crippen LogP contribution in [0.5, 0.6) is 5.75 Å². The number of benzene rings is 1. The van der Waals surface area contributed by atoms with Crippen LogP contribution in [0.2, 0.25) is 5.02 Å². The molecule has 2 heteroatoms. The van der Waals surface area contributed by atoms with E-state index < -0.39 is 0 Å². The predicted molar refractivity (Wildman–Crippen MR) is 74.7 cm³/mol. The third-order valence-electron chi connectivity index (χ3n) is 1.55. The molecule has 16 heavy (non-hydrogen) atoms. The van der Waals surface area contributed by atoms with E-state index in [1.807, 2.05) is 52.8 Å². The monoisotopic (exact) mass is 244 g/mol. The molecule has 0 aromatic heterocycles. The SMILES string of the molecule is CC.CC.CCCOc1cc(C)ccc1Cl. The fourth-order valence-corrected chi connectivity index (χ4v) is 1.11. The molecule has 94 valence electrons. The van der Waals surface area contributed by atoms with Crippen molar-refractivity contribution >= 4 is 11.6 Å². The van der Waals surface area contributed by atoms with Gasteiger partial charge in [0.15, 0.2) is 0 Å². The van der Waals surface area contributed by atoms with Crippen LogP contribution in [0.15, 0.2) is 18.2 Å². The van der Waals surface area contributed by atoms with E-state index >= 15 is 0 Å². The summed E-state index contributed by atoms with van der Waals surface area (Å²) in [6.45, 7) is 12.8. The quantitative estimate of drug-likeness (QED) is 0.683. The average Bonchev–Trinajstić information content (AvgIpc) is 2.35. The molecule has 1 nitrogen and oxygen atoms in total. The Morgan fingerprint density at radius 3 is 2.19 bits per heavy atom. The Kier molecular flexibility index (Phi) is 13.7. The highest BCUT2D eigenvalue weighted by atomic mass is 35.5. The van der Waals surface area contributed by atoms with Crippen LogP contribution in [0.3, 0.4) is 0 Å². The number of hydrogen-bond donors (Lipinski definition) is 0. The smallest absolute Gasteiger partial charge is 0.138 e. The minimum Gasteiger partial charge on any atom is -0.492 e. The van der Waals surface area contributed by atoms with Gasteiger partial charge in [-0.25, -0.2) is 0 Å². The lowest BCUT2D eigenvalue weighted by molar-refractivity contribution is 0.317. The third-order valence-corrected chi connectivity index (χ3v) is 1.86. The van der Waals surface area contributed by atoms with Crippen molar-refractivity contribution in [2.24, 2.45) is 0 Å². The largest absolute Gasteiger partial charge is 0.492 e. The molecule has 0 aliphatic rings. The molecule has 1 aromatic carbocycles. The van der Waals surface area contributed by atoms with Gasteiger partial charge in [-0.15, -0.1) is 0 Å². The number of ether oxygens (including phenoxy) is 1. The van der Waals surface area contributed by atoms with Crippen molar-refractivity contribution < 1.29 is 4.74 Å². The molecule has 1 rings (SSSR count). The maximum atomic E-state index is 5.91. The summed E-state index contributed by atoms with van der Waals surface area (Å²) < 4.78 is 5.43. The fraction of sp³-hybridized carbons (Fsp3) is 0.571. The van der Waals surface area contributed by atoms with Gasteiger partial charge in [0.2, 0.25) is 0 Å². The molecule has 0 heterocycles. The van der Waals surface area contributed by atoms with Crippen LogP contribution in [0, 0.1) is 6.92 Å². The molecule has 1 aromatic rings. The standard InChI is InChI=1S/C10H13ClO.2C2H6/c1-3-6-12-10-7-8(2)4-5-9(10)11;2*1-2/h4-5,7H,3,6H2,1-2H3;2*1-2H3. The molecule has 0 atom stereocenters. The maximum Gasteiger partial charge on any atom is 0.138 e. The third kappa shape index (κ3) is 7.58. The lowest BCUT2D eigenvalue weighted by Gasteiger charge is -2.06. The van der Waals surface area contributed by atoms with Crippen molar-refractivity contribution in [3.8, 4) is 5.75 Å². The Labute approximate surface area is 106 Å². The fourth-order valence-electron chi connectivity index (χ4n) is 0.933. The Balaban J connectivity index is 0. The topological polar surface area (TPSA) is 9.23 Å². The average molecular weight is 245 g/mol. The van der Waals surface area contributed by atoms with Crippen molar-refractivity contribution in [3.63, 3.8) is 0 Å². The molecular weight excluding hydrogens is 220 g/mol. The number of hydrogen-bond acceptors (Lipinski definition) is 1. The maximum absolute atomic E-state index is 5.91. The van der Waals surface area contributed by atoms with E-state index in [0.717, 1.165) is 18.8 Å². The predicted octanol–water partition coefficient (Wildman–Crippen LogP) is 5.49. The van der Waals surface area contributed by atoms with E-state index in [0.29, 0.717) is 5.02 Å². The Morgan fingerprint density at radius 2 is 1.69 bits per heavy atom. The number of aryl methyl sites for hydroxylation is 1. The summed E-state index contributed by atoms with van der Waals surface area (Å²) in [6, 6.07) is 5.79. The van der Waals surface area contributed by atoms with E-state index in [9.17, 15) is 0 Å². The molecule has 0 radical (unpaired) electrons. The zero-order valence-corrected chi connectivity index (χ0v) is 12.2. The zero-order chi connectivity index (χ0) is 13.0. The second kappa shape index (κ2) is 12.4. The van der Waals surface area contributed by atoms with Crippen LogP contribution in [-0.4, -0.2) is 6.61 Å². The zero-order valence-electron chi connectivity index (χ0n) is 11.4. The van der Waals surface area contributed by atoms with Crippen molar-refractivity contribution in [1.29, 1.82) is 0 Å². The summed E-state index contributed by atoms with van der Waals surface area (Å²) in [5.74, 6) is 0.790. The summed E-state index contributed by atoms with van der Waals surface area (Å²) in [6.07, 6.45) is 1.00. The molecule has 0 unspecified atom stereocenters. The lowest BCUT2D eigenvalue weighted by atomic mass is 10.2. The van der Waals surface area contributed by atoms with Gasteiger partial charge in [-0.3, -0.25) is 0 Å². The summed E-state index contributed by atoms with van der Waals surface area (Å²) in [5.41, 5.74) is 1.17. The van der Waals surface area contributed by atoms with Gasteiger partial charge in [0, 0.05) is 0 Å². The molecule has 0 N–H and O–H groups in total. The minimum absolute atomic E-state index is 0.689. The summed E-state index contributed by atoms with van der Waals surface area (Å²) >= 11 is 5.91. The lowest BCUT2D eigenvalue weighted by Crippen LogP contribution is -1.95. The first-order valence-electron chi connectivity index (χ1n) is 6.13. The van der Waals surface area contributed by atoms with Gasteiger partial charge in [0.25, 0.3) is 0 Å². The van der Waals surface area contributed by atoms with Crippen molar-refractivity contribution in [1.82, 2.24) is 0 Å². The van der Waals surface area contributed by atoms with E-state index in [2.05, 4.69) is 6.92 Å². The van der Waals surface area contributed by atoms with Gasteiger partial charge in [0.1, 0.15) is 5.75 Å². The highest BCUT2D eigenvalue weighted by Crippen LogP contribution is 2.25. The molecule has 0 aliphatic carbocycles. The summed E-state index contributed by atoms with van der Waals surface area (Å²) in [7, 11) is 0. The van der Waals surface area contributed by atoms with Gasteiger partial charge >= 0.3 is 0 Å². The van der Waals surface area contributed by atoms with E-state index in [1.54, 1.807) is 0 Å². The number of halogens is 1. The first kappa shape index (κ1) is 17.7. The number of rotatable bonds is 3.